The molecule has 3 rings (SSSR count). The minimum atomic E-state index is -0.948. The van der Waals surface area contributed by atoms with Gasteiger partial charge in [0.05, 0.1) is 11.7 Å². The number of benzene rings is 1. The van der Waals surface area contributed by atoms with E-state index in [0.717, 1.165) is 21.8 Å². The summed E-state index contributed by atoms with van der Waals surface area (Å²) in [4.78, 5) is 18.0. The van der Waals surface area contributed by atoms with E-state index in [4.69, 9.17) is 5.11 Å². The van der Waals surface area contributed by atoms with Gasteiger partial charge in [-0.05, 0) is 12.1 Å². The molecule has 4 nitrogen and oxygen atoms in total. The van der Waals surface area contributed by atoms with Crippen LogP contribution >= 0.6 is 11.8 Å². The van der Waals surface area contributed by atoms with Crippen molar-refractivity contribution in [1.29, 1.82) is 0 Å². The smallest absolute Gasteiger partial charge is 0.371 e. The Kier molecular flexibility index (Phi) is 2.26. The molecular formula is C12H8N2O2S. The van der Waals surface area contributed by atoms with Crippen molar-refractivity contribution in [2.75, 3.05) is 0 Å². The molecule has 0 saturated carbocycles. The van der Waals surface area contributed by atoms with Crippen LogP contribution in [0.5, 0.6) is 0 Å². The predicted molar refractivity (Wildman–Crippen MR) is 67.5 cm³/mol. The summed E-state index contributed by atoms with van der Waals surface area (Å²) in [6.07, 6.45) is 1.67. The molecular weight excluding hydrogens is 236 g/mol. The average molecular weight is 244 g/mol. The number of nitrogens with zero attached hydrogens (tertiary/aromatic N) is 1. The summed E-state index contributed by atoms with van der Waals surface area (Å²) in [6.45, 7) is 0. The van der Waals surface area contributed by atoms with E-state index in [0.29, 0.717) is 16.8 Å². The Hall–Kier alpha value is -2.01. The van der Waals surface area contributed by atoms with Crippen molar-refractivity contribution in [1.82, 2.24) is 9.97 Å². The number of carboxylic acid groups (broad SMARTS) is 1. The maximum absolute atomic E-state index is 10.6. The number of hydrogen-bond acceptors (Lipinski definition) is 3. The molecule has 0 fully saturated rings. The van der Waals surface area contributed by atoms with Gasteiger partial charge in [0.15, 0.2) is 0 Å². The highest BCUT2D eigenvalue weighted by Gasteiger charge is 2.08. The van der Waals surface area contributed by atoms with Crippen molar-refractivity contribution in [3.63, 3.8) is 0 Å². The second kappa shape index (κ2) is 3.78. The molecule has 5 heteroatoms. The number of rotatable bonds is 1. The van der Waals surface area contributed by atoms with Gasteiger partial charge in [0.2, 0.25) is 0 Å². The van der Waals surface area contributed by atoms with Gasteiger partial charge in [-0.25, -0.2) is 9.78 Å². The Morgan fingerprint density at radius 3 is 2.88 bits per heavy atom. The Morgan fingerprint density at radius 1 is 1.24 bits per heavy atom. The van der Waals surface area contributed by atoms with Crippen LogP contribution in [0.2, 0.25) is 0 Å². The number of H-pyrrole nitrogens is 1. The number of aromatic nitrogens is 2. The minimum absolute atomic E-state index is 0.495. The predicted octanol–water partition coefficient (Wildman–Crippen LogP) is 3.49. The quantitative estimate of drug-likeness (QED) is 0.643. The van der Waals surface area contributed by atoms with Crippen molar-refractivity contribution in [3.8, 4) is 0 Å². The maximum Gasteiger partial charge on any atom is 0.371 e. The Balaban J connectivity index is 2.26. The molecule has 1 aromatic carbocycles. The van der Waals surface area contributed by atoms with Crippen molar-refractivity contribution in [3.05, 3.63) is 36.5 Å². The standard InChI is InChI=1S/C12H8N2O2S/c15-12(16)17-11-5-8-7-3-1-2-4-9(7)14-10(8)6-13-11/h1-6,14H,(H,15,16). The lowest BCUT2D eigenvalue weighted by Crippen LogP contribution is -1.86. The SMILES string of the molecule is O=C(O)Sc1cc2c(cn1)[nH]c1ccccc12. The third kappa shape index (κ3) is 1.74. The maximum atomic E-state index is 10.6. The van der Waals surface area contributed by atoms with E-state index < -0.39 is 5.30 Å². The fourth-order valence-corrected chi connectivity index (χ4v) is 2.34. The van der Waals surface area contributed by atoms with Crippen molar-refractivity contribution in [2.45, 2.75) is 5.03 Å². The molecule has 2 aromatic heterocycles. The van der Waals surface area contributed by atoms with Crippen LogP contribution in [-0.2, 0) is 0 Å². The van der Waals surface area contributed by atoms with Gasteiger partial charge in [-0.2, -0.15) is 0 Å². The molecule has 0 bridgehead atoms. The average Bonchev–Trinajstić information content (AvgIpc) is 2.66. The molecule has 0 saturated heterocycles. The van der Waals surface area contributed by atoms with Crippen molar-refractivity contribution < 1.29 is 9.90 Å². The lowest BCUT2D eigenvalue weighted by Gasteiger charge is -1.95. The first kappa shape index (κ1) is 10.2. The van der Waals surface area contributed by atoms with Gasteiger partial charge in [-0.15, -0.1) is 0 Å². The number of carbonyl (C=O) groups is 1. The van der Waals surface area contributed by atoms with Crippen LogP contribution in [0, 0.1) is 0 Å². The van der Waals surface area contributed by atoms with E-state index in [1.165, 1.54) is 0 Å². The first-order chi connectivity index (χ1) is 8.24. The van der Waals surface area contributed by atoms with Crippen LogP contribution in [0.4, 0.5) is 4.79 Å². The minimum Gasteiger partial charge on any atom is -0.473 e. The van der Waals surface area contributed by atoms with Crippen LogP contribution in [-0.4, -0.2) is 20.4 Å². The third-order valence-electron chi connectivity index (χ3n) is 2.56. The molecule has 3 aromatic rings. The summed E-state index contributed by atoms with van der Waals surface area (Å²) in [6, 6.07) is 9.70. The van der Waals surface area contributed by atoms with Crippen molar-refractivity contribution >= 4 is 38.9 Å². The highest BCUT2D eigenvalue weighted by molar-refractivity contribution is 8.13. The lowest BCUT2D eigenvalue weighted by atomic mass is 10.2. The summed E-state index contributed by atoms with van der Waals surface area (Å²) in [7, 11) is 0. The van der Waals surface area contributed by atoms with E-state index >= 15 is 0 Å². The third-order valence-corrected chi connectivity index (χ3v) is 3.16. The normalized spacial score (nSPS) is 11.1. The molecule has 0 aliphatic carbocycles. The molecule has 0 radical (unpaired) electrons. The Morgan fingerprint density at radius 2 is 2.06 bits per heavy atom. The first-order valence-electron chi connectivity index (χ1n) is 5.01. The van der Waals surface area contributed by atoms with E-state index in [1.807, 2.05) is 24.3 Å². The zero-order valence-corrected chi connectivity index (χ0v) is 9.49. The summed E-state index contributed by atoms with van der Waals surface area (Å²) in [5.74, 6) is 0. The molecule has 0 spiro atoms. The number of thioether (sulfide) groups is 1. The van der Waals surface area contributed by atoms with Crippen LogP contribution < -0.4 is 0 Å². The van der Waals surface area contributed by atoms with Gasteiger partial charge in [-0.1, -0.05) is 18.2 Å². The van der Waals surface area contributed by atoms with Gasteiger partial charge >= 0.3 is 5.30 Å². The van der Waals surface area contributed by atoms with Gasteiger partial charge in [0, 0.05) is 28.1 Å². The molecule has 0 aliphatic heterocycles. The molecule has 2 heterocycles. The summed E-state index contributed by atoms with van der Waals surface area (Å²) >= 11 is 0.717. The lowest BCUT2D eigenvalue weighted by molar-refractivity contribution is 0.222. The van der Waals surface area contributed by atoms with Crippen LogP contribution in [0.1, 0.15) is 0 Å². The number of pyridine rings is 1. The number of aromatic amines is 1. The number of fused-ring (bicyclic) bond motifs is 3. The molecule has 0 aliphatic rings. The summed E-state index contributed by atoms with van der Waals surface area (Å²) in [5.41, 5.74) is 1.95. The topological polar surface area (TPSA) is 66.0 Å². The van der Waals surface area contributed by atoms with Crippen LogP contribution in [0.15, 0.2) is 41.6 Å². The van der Waals surface area contributed by atoms with Gasteiger partial charge in [-0.3, -0.25) is 0 Å². The molecule has 2 N–H and O–H groups in total. The second-order valence-corrected chi connectivity index (χ2v) is 4.58. The second-order valence-electron chi connectivity index (χ2n) is 3.61. The van der Waals surface area contributed by atoms with Gasteiger partial charge in [0.25, 0.3) is 0 Å². The molecule has 84 valence electrons. The zero-order valence-electron chi connectivity index (χ0n) is 8.68. The fraction of sp³-hybridized carbons (Fsp3) is 0. The van der Waals surface area contributed by atoms with E-state index in [-0.39, 0.29) is 0 Å². The van der Waals surface area contributed by atoms with E-state index in [9.17, 15) is 4.79 Å². The fourth-order valence-electron chi connectivity index (χ4n) is 1.88. The highest BCUT2D eigenvalue weighted by Crippen LogP contribution is 2.27. The Labute approximate surface area is 101 Å². The van der Waals surface area contributed by atoms with Crippen LogP contribution in [0.25, 0.3) is 21.8 Å². The van der Waals surface area contributed by atoms with Crippen molar-refractivity contribution in [2.24, 2.45) is 0 Å². The van der Waals surface area contributed by atoms with Crippen LogP contribution in [0.3, 0.4) is 0 Å². The Bertz CT molecular complexity index is 721. The largest absolute Gasteiger partial charge is 0.473 e. The van der Waals surface area contributed by atoms with Gasteiger partial charge in [0.1, 0.15) is 5.03 Å². The molecule has 0 unspecified atom stereocenters. The highest BCUT2D eigenvalue weighted by atomic mass is 32.2. The molecule has 0 atom stereocenters. The number of hydrogen-bond donors (Lipinski definition) is 2. The zero-order chi connectivity index (χ0) is 11.8. The van der Waals surface area contributed by atoms with E-state index in [2.05, 4.69) is 9.97 Å². The van der Waals surface area contributed by atoms with Gasteiger partial charge < -0.3 is 10.1 Å². The molecule has 17 heavy (non-hydrogen) atoms. The number of nitrogens with one attached hydrogen (secondary N) is 1. The first-order valence-corrected chi connectivity index (χ1v) is 5.83. The molecule has 0 amide bonds. The summed E-state index contributed by atoms with van der Waals surface area (Å²) < 4.78 is 0. The number of para-hydroxylation sites is 1. The monoisotopic (exact) mass is 244 g/mol. The van der Waals surface area contributed by atoms with E-state index in [1.54, 1.807) is 12.3 Å². The summed E-state index contributed by atoms with van der Waals surface area (Å²) in [5, 5.41) is 10.3.